The van der Waals surface area contributed by atoms with E-state index in [1.54, 1.807) is 18.2 Å². The van der Waals surface area contributed by atoms with Crippen LogP contribution in [-0.2, 0) is 0 Å². The molecule has 92 valence electrons. The van der Waals surface area contributed by atoms with Gasteiger partial charge in [-0.05, 0) is 42.8 Å². The summed E-state index contributed by atoms with van der Waals surface area (Å²) in [6, 6.07) is 10.6. The molecule has 0 aliphatic rings. The maximum absolute atomic E-state index is 11.9. The molecule has 18 heavy (non-hydrogen) atoms. The minimum Gasteiger partial charge on any atom is -0.384 e. The number of nitrogens with one attached hydrogen (secondary N) is 1. The highest BCUT2D eigenvalue weighted by atomic mass is 79.9. The van der Waals surface area contributed by atoms with Crippen molar-refractivity contribution >= 4 is 33.3 Å². The highest BCUT2D eigenvalue weighted by Crippen LogP contribution is 2.19. The molecule has 3 N–H and O–H groups in total. The number of benzene rings is 1. The Morgan fingerprint density at radius 3 is 2.78 bits per heavy atom. The molecular weight excluding hydrogens is 294 g/mol. The average Bonchev–Trinajstić information content (AvgIpc) is 2.27. The molecule has 1 amide bonds. The quantitative estimate of drug-likeness (QED) is 0.896. The first kappa shape index (κ1) is 12.6. The molecule has 1 heterocycles. The number of carbonyl (C=O) groups is 1. The highest BCUT2D eigenvalue weighted by Gasteiger charge is 2.08. The van der Waals surface area contributed by atoms with Gasteiger partial charge in [0.25, 0.3) is 5.91 Å². The van der Waals surface area contributed by atoms with Gasteiger partial charge in [-0.15, -0.1) is 0 Å². The van der Waals surface area contributed by atoms with Gasteiger partial charge in [0.05, 0.1) is 0 Å². The fourth-order valence-electron chi connectivity index (χ4n) is 1.58. The van der Waals surface area contributed by atoms with Crippen LogP contribution in [0.2, 0.25) is 0 Å². The lowest BCUT2D eigenvalue weighted by Gasteiger charge is -2.06. The van der Waals surface area contributed by atoms with Gasteiger partial charge in [-0.2, -0.15) is 0 Å². The fraction of sp³-hybridized carbons (Fsp3) is 0.0769. The first-order valence-electron chi connectivity index (χ1n) is 5.36. The molecule has 0 aliphatic carbocycles. The van der Waals surface area contributed by atoms with E-state index >= 15 is 0 Å². The van der Waals surface area contributed by atoms with Gasteiger partial charge in [0.2, 0.25) is 0 Å². The third kappa shape index (κ3) is 3.07. The van der Waals surface area contributed by atoms with Crippen LogP contribution in [0.5, 0.6) is 0 Å². The van der Waals surface area contributed by atoms with Gasteiger partial charge in [-0.1, -0.05) is 22.0 Å². The Labute approximate surface area is 113 Å². The number of nitrogens with two attached hydrogens (primary N) is 1. The Morgan fingerprint density at radius 2 is 2.11 bits per heavy atom. The number of halogens is 1. The van der Waals surface area contributed by atoms with Crippen LogP contribution >= 0.6 is 15.9 Å². The first-order chi connectivity index (χ1) is 8.54. The third-order valence-electron chi connectivity index (χ3n) is 2.30. The molecule has 2 rings (SSSR count). The van der Waals surface area contributed by atoms with Crippen LogP contribution in [0.1, 0.15) is 16.1 Å². The number of hydrogen-bond acceptors (Lipinski definition) is 3. The lowest BCUT2D eigenvalue weighted by Crippen LogP contribution is -2.14. The van der Waals surface area contributed by atoms with Crippen molar-refractivity contribution < 1.29 is 4.79 Å². The predicted molar refractivity (Wildman–Crippen MR) is 75.5 cm³/mol. The maximum Gasteiger partial charge on any atom is 0.274 e. The molecule has 0 aliphatic heterocycles. The van der Waals surface area contributed by atoms with Crippen LogP contribution in [0.25, 0.3) is 0 Å². The van der Waals surface area contributed by atoms with E-state index in [4.69, 9.17) is 5.73 Å². The number of carbonyl (C=O) groups excluding carboxylic acids is 1. The number of aryl methyl sites for hydroxylation is 1. The molecule has 1 aromatic heterocycles. The summed E-state index contributed by atoms with van der Waals surface area (Å²) in [6.07, 6.45) is 0. The lowest BCUT2D eigenvalue weighted by molar-refractivity contribution is 0.102. The van der Waals surface area contributed by atoms with Gasteiger partial charge in [-0.25, -0.2) is 4.98 Å². The van der Waals surface area contributed by atoms with Gasteiger partial charge in [0.15, 0.2) is 0 Å². The van der Waals surface area contributed by atoms with Crippen molar-refractivity contribution in [1.29, 1.82) is 0 Å². The van der Waals surface area contributed by atoms with E-state index in [2.05, 4.69) is 26.2 Å². The van der Waals surface area contributed by atoms with E-state index in [1.807, 2.05) is 25.1 Å². The first-order valence-corrected chi connectivity index (χ1v) is 6.15. The van der Waals surface area contributed by atoms with Crippen molar-refractivity contribution in [3.05, 3.63) is 52.1 Å². The molecule has 0 atom stereocenters. The number of nitrogens with zero attached hydrogens (tertiary/aromatic N) is 1. The summed E-state index contributed by atoms with van der Waals surface area (Å²) in [5.74, 6) is 0.0490. The van der Waals surface area contributed by atoms with Crippen LogP contribution in [0.3, 0.4) is 0 Å². The summed E-state index contributed by atoms with van der Waals surface area (Å²) in [4.78, 5) is 15.9. The minimum atomic E-state index is -0.278. The van der Waals surface area contributed by atoms with Crippen molar-refractivity contribution in [3.8, 4) is 0 Å². The van der Waals surface area contributed by atoms with E-state index in [-0.39, 0.29) is 5.91 Å². The molecule has 0 saturated heterocycles. The summed E-state index contributed by atoms with van der Waals surface area (Å²) < 4.78 is 0.915. The van der Waals surface area contributed by atoms with Gasteiger partial charge in [-0.3, -0.25) is 4.79 Å². The van der Waals surface area contributed by atoms with Crippen molar-refractivity contribution in [2.45, 2.75) is 6.92 Å². The summed E-state index contributed by atoms with van der Waals surface area (Å²) in [5, 5.41) is 2.78. The number of pyridine rings is 1. The zero-order valence-corrected chi connectivity index (χ0v) is 11.4. The Bertz CT molecular complexity index is 578. The van der Waals surface area contributed by atoms with Gasteiger partial charge in [0.1, 0.15) is 11.5 Å². The van der Waals surface area contributed by atoms with E-state index in [0.717, 1.165) is 15.7 Å². The van der Waals surface area contributed by atoms with Crippen LogP contribution in [0.15, 0.2) is 40.9 Å². The van der Waals surface area contributed by atoms with E-state index in [9.17, 15) is 4.79 Å². The second-order valence-corrected chi connectivity index (χ2v) is 4.83. The number of rotatable bonds is 2. The zero-order valence-electron chi connectivity index (χ0n) is 9.77. The normalized spacial score (nSPS) is 10.1. The Balaban J connectivity index is 2.21. The van der Waals surface area contributed by atoms with E-state index in [0.29, 0.717) is 11.5 Å². The molecule has 0 fully saturated rings. The minimum absolute atomic E-state index is 0.278. The van der Waals surface area contributed by atoms with E-state index < -0.39 is 0 Å². The number of aromatic nitrogens is 1. The molecule has 0 saturated carbocycles. The predicted octanol–water partition coefficient (Wildman–Crippen LogP) is 2.99. The molecule has 5 heteroatoms. The second-order valence-electron chi connectivity index (χ2n) is 3.92. The van der Waals surface area contributed by atoms with Crippen molar-refractivity contribution in [2.75, 3.05) is 11.1 Å². The van der Waals surface area contributed by atoms with Crippen LogP contribution < -0.4 is 11.1 Å². The van der Waals surface area contributed by atoms with Crippen LogP contribution in [0.4, 0.5) is 11.5 Å². The summed E-state index contributed by atoms with van der Waals surface area (Å²) in [5.41, 5.74) is 7.61. The molecule has 2 aromatic rings. The van der Waals surface area contributed by atoms with Crippen LogP contribution in [0, 0.1) is 6.92 Å². The summed E-state index contributed by atoms with van der Waals surface area (Å²) in [6.45, 7) is 1.96. The smallest absolute Gasteiger partial charge is 0.274 e. The Kier molecular flexibility index (Phi) is 3.62. The van der Waals surface area contributed by atoms with Crippen molar-refractivity contribution in [2.24, 2.45) is 0 Å². The van der Waals surface area contributed by atoms with E-state index in [1.165, 1.54) is 0 Å². The zero-order chi connectivity index (χ0) is 13.1. The Hall–Kier alpha value is -1.88. The summed E-state index contributed by atoms with van der Waals surface area (Å²) in [7, 11) is 0. The summed E-state index contributed by atoms with van der Waals surface area (Å²) >= 11 is 3.38. The van der Waals surface area contributed by atoms with Crippen LogP contribution in [-0.4, -0.2) is 10.9 Å². The highest BCUT2D eigenvalue weighted by molar-refractivity contribution is 9.10. The van der Waals surface area contributed by atoms with Gasteiger partial charge >= 0.3 is 0 Å². The molecule has 0 radical (unpaired) electrons. The molecule has 0 unspecified atom stereocenters. The van der Waals surface area contributed by atoms with Gasteiger partial charge in [0, 0.05) is 10.2 Å². The molecule has 0 bridgehead atoms. The monoisotopic (exact) mass is 305 g/mol. The van der Waals surface area contributed by atoms with Crippen molar-refractivity contribution in [3.63, 3.8) is 0 Å². The third-order valence-corrected chi connectivity index (χ3v) is 2.76. The van der Waals surface area contributed by atoms with Crippen molar-refractivity contribution in [1.82, 2.24) is 4.98 Å². The SMILES string of the molecule is Cc1cc(Br)cc(NC(=O)c2cccc(N)n2)c1. The van der Waals surface area contributed by atoms with Gasteiger partial charge < -0.3 is 11.1 Å². The molecule has 0 spiro atoms. The number of anilines is 2. The largest absolute Gasteiger partial charge is 0.384 e. The average molecular weight is 306 g/mol. The lowest BCUT2D eigenvalue weighted by atomic mass is 10.2. The fourth-order valence-corrected chi connectivity index (χ4v) is 2.19. The number of hydrogen-bond donors (Lipinski definition) is 2. The standard InChI is InChI=1S/C13H12BrN3O/c1-8-5-9(14)7-10(6-8)16-13(18)11-3-2-4-12(15)17-11/h2-7H,1H3,(H2,15,17)(H,16,18). The number of amides is 1. The second kappa shape index (κ2) is 5.18. The molecule has 1 aromatic carbocycles. The molecular formula is C13H12BrN3O. The maximum atomic E-state index is 11.9. The molecule has 4 nitrogen and oxygen atoms in total. The topological polar surface area (TPSA) is 68.0 Å². The number of nitrogen functional groups attached to an aromatic ring is 1. The Morgan fingerprint density at radius 1 is 1.33 bits per heavy atom.